The molecule has 0 saturated heterocycles. The van der Waals surface area contributed by atoms with Crippen molar-refractivity contribution in [3.8, 4) is 5.75 Å². The van der Waals surface area contributed by atoms with E-state index in [0.717, 1.165) is 23.3 Å². The topological polar surface area (TPSA) is 9.23 Å². The Labute approximate surface area is 134 Å². The van der Waals surface area contributed by atoms with Gasteiger partial charge in [-0.3, -0.25) is 0 Å². The smallest absolute Gasteiger partial charge is 0.137 e. The fourth-order valence-corrected chi connectivity index (χ4v) is 3.96. The molecule has 2 aromatic rings. The number of halogens is 3. The minimum Gasteiger partial charge on any atom is -0.490 e. The Kier molecular flexibility index (Phi) is 3.87. The van der Waals surface area contributed by atoms with Crippen LogP contribution in [0.5, 0.6) is 5.75 Å². The lowest BCUT2D eigenvalue weighted by Gasteiger charge is -2.14. The number of fused-ring (bicyclic) bond motifs is 1. The van der Waals surface area contributed by atoms with Gasteiger partial charge in [-0.25, -0.2) is 4.39 Å². The van der Waals surface area contributed by atoms with E-state index in [0.29, 0.717) is 4.47 Å². The van der Waals surface area contributed by atoms with Crippen LogP contribution < -0.4 is 4.74 Å². The zero-order chi connectivity index (χ0) is 14.3. The SMILES string of the molecule is CC1Cc2cc(C(Br)c3cccc(F)c3Br)ccc2O1. The fourth-order valence-electron chi connectivity index (χ4n) is 2.50. The molecule has 3 rings (SSSR count). The first kappa shape index (κ1) is 14.1. The number of alkyl halides is 1. The highest BCUT2D eigenvalue weighted by atomic mass is 79.9. The molecular formula is C16H13Br2FO. The maximum atomic E-state index is 13.6. The van der Waals surface area contributed by atoms with Gasteiger partial charge >= 0.3 is 0 Å². The van der Waals surface area contributed by atoms with Crippen LogP contribution in [0, 0.1) is 5.82 Å². The van der Waals surface area contributed by atoms with Crippen LogP contribution in [0.4, 0.5) is 4.39 Å². The van der Waals surface area contributed by atoms with Crippen molar-refractivity contribution in [2.24, 2.45) is 0 Å². The van der Waals surface area contributed by atoms with E-state index in [1.165, 1.54) is 11.6 Å². The molecule has 4 heteroatoms. The second-order valence-corrected chi connectivity index (χ2v) is 6.71. The summed E-state index contributed by atoms with van der Waals surface area (Å²) in [5, 5.41) is 0. The minimum atomic E-state index is -0.245. The lowest BCUT2D eigenvalue weighted by Crippen LogP contribution is -2.05. The van der Waals surface area contributed by atoms with Gasteiger partial charge in [0.05, 0.1) is 9.30 Å². The van der Waals surface area contributed by atoms with Gasteiger partial charge in [-0.1, -0.05) is 40.2 Å². The molecule has 0 spiro atoms. The molecule has 1 nitrogen and oxygen atoms in total. The van der Waals surface area contributed by atoms with E-state index in [1.54, 1.807) is 6.07 Å². The van der Waals surface area contributed by atoms with Gasteiger partial charge in [-0.2, -0.15) is 0 Å². The Bertz CT molecular complexity index is 657. The molecule has 2 atom stereocenters. The summed E-state index contributed by atoms with van der Waals surface area (Å²) in [5.41, 5.74) is 3.21. The molecular weight excluding hydrogens is 387 g/mol. The molecule has 0 saturated carbocycles. The molecule has 0 N–H and O–H groups in total. The molecule has 0 fully saturated rings. The predicted molar refractivity (Wildman–Crippen MR) is 85.1 cm³/mol. The quantitative estimate of drug-likeness (QED) is 0.614. The van der Waals surface area contributed by atoms with E-state index >= 15 is 0 Å². The van der Waals surface area contributed by atoms with Crippen molar-refractivity contribution in [1.29, 1.82) is 0 Å². The Morgan fingerprint density at radius 3 is 2.90 bits per heavy atom. The van der Waals surface area contributed by atoms with Crippen molar-refractivity contribution in [1.82, 2.24) is 0 Å². The van der Waals surface area contributed by atoms with Gasteiger partial charge in [-0.05, 0) is 51.7 Å². The summed E-state index contributed by atoms with van der Waals surface area (Å²) in [6.07, 6.45) is 1.16. The third-order valence-electron chi connectivity index (χ3n) is 3.47. The number of hydrogen-bond acceptors (Lipinski definition) is 1. The fraction of sp³-hybridized carbons (Fsp3) is 0.250. The third-order valence-corrected chi connectivity index (χ3v) is 5.33. The molecule has 0 aromatic heterocycles. The van der Waals surface area contributed by atoms with Gasteiger partial charge in [0.25, 0.3) is 0 Å². The molecule has 0 radical (unpaired) electrons. The second kappa shape index (κ2) is 5.49. The van der Waals surface area contributed by atoms with E-state index in [-0.39, 0.29) is 16.7 Å². The lowest BCUT2D eigenvalue weighted by atomic mass is 10.0. The minimum absolute atomic E-state index is 0.0474. The van der Waals surface area contributed by atoms with E-state index in [1.807, 2.05) is 18.2 Å². The monoisotopic (exact) mass is 398 g/mol. The molecule has 104 valence electrons. The van der Waals surface area contributed by atoms with E-state index < -0.39 is 0 Å². The first-order valence-corrected chi connectivity index (χ1v) is 8.14. The van der Waals surface area contributed by atoms with Crippen molar-refractivity contribution >= 4 is 31.9 Å². The average Bonchev–Trinajstić information content (AvgIpc) is 2.80. The van der Waals surface area contributed by atoms with E-state index in [9.17, 15) is 4.39 Å². The van der Waals surface area contributed by atoms with Crippen LogP contribution in [0.1, 0.15) is 28.4 Å². The Balaban J connectivity index is 1.97. The molecule has 0 aliphatic carbocycles. The third kappa shape index (κ3) is 2.51. The Morgan fingerprint density at radius 1 is 1.30 bits per heavy atom. The van der Waals surface area contributed by atoms with Crippen LogP contribution in [0.3, 0.4) is 0 Å². The normalized spacial score (nSPS) is 18.5. The average molecular weight is 400 g/mol. The first-order chi connectivity index (χ1) is 9.56. The molecule has 0 amide bonds. The maximum absolute atomic E-state index is 13.6. The van der Waals surface area contributed by atoms with Gasteiger partial charge in [0.2, 0.25) is 0 Å². The molecule has 2 aromatic carbocycles. The Morgan fingerprint density at radius 2 is 2.10 bits per heavy atom. The summed E-state index contributed by atoms with van der Waals surface area (Å²) in [7, 11) is 0. The van der Waals surface area contributed by atoms with Crippen LogP contribution >= 0.6 is 31.9 Å². The number of benzene rings is 2. The van der Waals surface area contributed by atoms with Crippen molar-refractivity contribution in [3.63, 3.8) is 0 Å². The molecule has 2 unspecified atom stereocenters. The van der Waals surface area contributed by atoms with Crippen LogP contribution in [0.2, 0.25) is 0 Å². The highest BCUT2D eigenvalue weighted by Crippen LogP contribution is 2.39. The van der Waals surface area contributed by atoms with Gasteiger partial charge in [0, 0.05) is 6.42 Å². The van der Waals surface area contributed by atoms with Gasteiger partial charge in [0.15, 0.2) is 0 Å². The highest BCUT2D eigenvalue weighted by molar-refractivity contribution is 9.11. The van der Waals surface area contributed by atoms with Crippen molar-refractivity contribution in [2.45, 2.75) is 24.3 Å². The van der Waals surface area contributed by atoms with Crippen molar-refractivity contribution in [2.75, 3.05) is 0 Å². The summed E-state index contributed by atoms with van der Waals surface area (Å²) < 4.78 is 19.9. The summed E-state index contributed by atoms with van der Waals surface area (Å²) in [6, 6.07) is 11.2. The Hall–Kier alpha value is -0.870. The van der Waals surface area contributed by atoms with Gasteiger partial charge in [0.1, 0.15) is 17.7 Å². The van der Waals surface area contributed by atoms with Gasteiger partial charge < -0.3 is 4.74 Å². The summed E-state index contributed by atoms with van der Waals surface area (Å²) >= 11 is 6.99. The zero-order valence-electron chi connectivity index (χ0n) is 10.9. The van der Waals surface area contributed by atoms with Gasteiger partial charge in [-0.15, -0.1) is 0 Å². The molecule has 1 heterocycles. The van der Waals surface area contributed by atoms with Crippen LogP contribution in [0.15, 0.2) is 40.9 Å². The van der Waals surface area contributed by atoms with Crippen molar-refractivity contribution < 1.29 is 9.13 Å². The van der Waals surface area contributed by atoms with Crippen LogP contribution in [0.25, 0.3) is 0 Å². The summed E-state index contributed by atoms with van der Waals surface area (Å²) in [6.45, 7) is 2.06. The summed E-state index contributed by atoms with van der Waals surface area (Å²) in [5.74, 6) is 0.712. The van der Waals surface area contributed by atoms with Crippen LogP contribution in [-0.4, -0.2) is 6.10 Å². The van der Waals surface area contributed by atoms with Crippen molar-refractivity contribution in [3.05, 3.63) is 63.4 Å². The molecule has 1 aliphatic heterocycles. The van der Waals surface area contributed by atoms with E-state index in [2.05, 4.69) is 44.8 Å². The zero-order valence-corrected chi connectivity index (χ0v) is 14.0. The maximum Gasteiger partial charge on any atom is 0.137 e. The molecule has 1 aliphatic rings. The van der Waals surface area contributed by atoms with Crippen LogP contribution in [-0.2, 0) is 6.42 Å². The predicted octanol–water partition coefficient (Wildman–Crippen LogP) is 5.40. The second-order valence-electron chi connectivity index (χ2n) is 5.01. The highest BCUT2D eigenvalue weighted by Gasteiger charge is 2.22. The standard InChI is InChI=1S/C16H13Br2FO/c1-9-7-11-8-10(5-6-14(11)20-9)15(17)12-3-2-4-13(19)16(12)18/h2-6,8-9,15H,7H2,1H3. The number of rotatable bonds is 2. The lowest BCUT2D eigenvalue weighted by molar-refractivity contribution is 0.254. The number of ether oxygens (including phenoxy) is 1. The van der Waals surface area contributed by atoms with E-state index in [4.69, 9.17) is 4.74 Å². The number of hydrogen-bond donors (Lipinski definition) is 0. The largest absolute Gasteiger partial charge is 0.490 e. The first-order valence-electron chi connectivity index (χ1n) is 6.43. The molecule has 0 bridgehead atoms. The summed E-state index contributed by atoms with van der Waals surface area (Å²) in [4.78, 5) is -0.0474. The molecule has 20 heavy (non-hydrogen) atoms.